The number of Topliss-reactive ketones (excluding diaryl/α,β-unsaturated/α-hetero) is 1. The normalized spacial score (nSPS) is 14.1. The van der Waals surface area contributed by atoms with Crippen LogP contribution in [0.3, 0.4) is 0 Å². The number of aliphatic hydroxyl groups is 1. The molecular weight excluding hydrogens is 434 g/mol. The molecule has 5 nitrogen and oxygen atoms in total. The van der Waals surface area contributed by atoms with Gasteiger partial charge in [-0.3, -0.25) is 9.59 Å². The first-order valence-electron chi connectivity index (χ1n) is 12.3. The predicted octanol–water partition coefficient (Wildman–Crippen LogP) is 7.07. The Morgan fingerprint density at radius 1 is 1.00 bits per heavy atom. The van der Waals surface area contributed by atoms with E-state index in [2.05, 4.69) is 22.5 Å². The van der Waals surface area contributed by atoms with Crippen molar-refractivity contribution in [1.29, 1.82) is 0 Å². The van der Waals surface area contributed by atoms with Crippen molar-refractivity contribution < 1.29 is 19.8 Å². The average Bonchev–Trinajstić information content (AvgIpc) is 3.13. The fourth-order valence-electron chi connectivity index (χ4n) is 3.98. The Hall–Kier alpha value is -1.53. The number of rotatable bonds is 16. The summed E-state index contributed by atoms with van der Waals surface area (Å²) in [5.41, 5.74) is -1.64. The quantitative estimate of drug-likeness (QED) is 0.248. The minimum Gasteiger partial charge on any atom is -0.481 e. The molecule has 0 saturated heterocycles. The summed E-state index contributed by atoms with van der Waals surface area (Å²) in [4.78, 5) is 29.2. The third-order valence-corrected chi connectivity index (χ3v) is 8.65. The number of carbonyl (C=O) groups excluding carboxylic acids is 1. The van der Waals surface area contributed by atoms with Crippen LogP contribution in [0.4, 0.5) is 0 Å². The summed E-state index contributed by atoms with van der Waals surface area (Å²) < 4.78 is 0. The van der Waals surface area contributed by atoms with Crippen LogP contribution in [0.2, 0.25) is 0 Å². The second kappa shape index (κ2) is 12.8. The molecule has 0 aliphatic carbocycles. The zero-order valence-electron chi connectivity index (χ0n) is 21.7. The van der Waals surface area contributed by atoms with Crippen LogP contribution in [-0.2, 0) is 9.59 Å². The molecule has 0 saturated carbocycles. The van der Waals surface area contributed by atoms with Crippen molar-refractivity contribution in [2.45, 2.75) is 112 Å². The number of unbranched alkanes of at least 4 members (excludes halogenated alkanes) is 6. The number of aliphatic carboxylic acids is 1. The molecule has 1 atom stereocenters. The highest BCUT2D eigenvalue weighted by atomic mass is 32.1. The number of carbonyl (C=O) groups is 2. The first-order chi connectivity index (χ1) is 15.2. The molecule has 0 radical (unpaired) electrons. The molecule has 0 spiro atoms. The number of ketones is 1. The summed E-state index contributed by atoms with van der Waals surface area (Å²) in [6, 6.07) is 0. The molecule has 188 valence electrons. The van der Waals surface area contributed by atoms with Gasteiger partial charge in [-0.1, -0.05) is 65.9 Å². The van der Waals surface area contributed by atoms with Gasteiger partial charge < -0.3 is 10.2 Å². The number of aromatic nitrogens is 1. The Bertz CT molecular complexity index is 792. The number of hydrogen-bond donors (Lipinski definition) is 2. The molecule has 1 heterocycles. The summed E-state index contributed by atoms with van der Waals surface area (Å²) in [6.45, 7) is 12.6. The molecule has 33 heavy (non-hydrogen) atoms. The van der Waals surface area contributed by atoms with E-state index in [1.807, 2.05) is 20.8 Å². The molecule has 0 aliphatic heterocycles. The topological polar surface area (TPSA) is 87.5 Å². The van der Waals surface area contributed by atoms with Gasteiger partial charge in [0.1, 0.15) is 5.78 Å². The predicted molar refractivity (Wildman–Crippen MR) is 137 cm³/mol. The van der Waals surface area contributed by atoms with Crippen LogP contribution in [0.15, 0.2) is 11.5 Å². The van der Waals surface area contributed by atoms with Gasteiger partial charge in [-0.2, -0.15) is 0 Å². The van der Waals surface area contributed by atoms with E-state index in [4.69, 9.17) is 0 Å². The van der Waals surface area contributed by atoms with Crippen molar-refractivity contribution in [2.75, 3.05) is 0 Å². The molecule has 2 N–H and O–H groups in total. The lowest BCUT2D eigenvalue weighted by Crippen LogP contribution is -2.52. The molecule has 0 aliphatic rings. The first-order valence-corrected chi connectivity index (χ1v) is 13.1. The summed E-state index contributed by atoms with van der Waals surface area (Å²) >= 11 is 1.67. The van der Waals surface area contributed by atoms with E-state index in [1.54, 1.807) is 39.0 Å². The van der Waals surface area contributed by atoms with Crippen LogP contribution in [0.5, 0.6) is 0 Å². The summed E-state index contributed by atoms with van der Waals surface area (Å²) in [7, 11) is 0. The first kappa shape index (κ1) is 29.5. The molecule has 1 aromatic heterocycles. The molecule has 0 bridgehead atoms. The van der Waals surface area contributed by atoms with Crippen LogP contribution in [0.25, 0.3) is 6.08 Å². The highest BCUT2D eigenvalue weighted by Gasteiger charge is 2.55. The van der Waals surface area contributed by atoms with E-state index in [-0.39, 0.29) is 12.2 Å². The van der Waals surface area contributed by atoms with Gasteiger partial charge in [-0.05, 0) is 51.5 Å². The Morgan fingerprint density at radius 3 is 2.12 bits per heavy atom. The van der Waals surface area contributed by atoms with Gasteiger partial charge in [0.15, 0.2) is 0 Å². The lowest BCUT2D eigenvalue weighted by atomic mass is 9.53. The van der Waals surface area contributed by atoms with Crippen LogP contribution in [0.1, 0.15) is 110 Å². The highest BCUT2D eigenvalue weighted by molar-refractivity contribution is 7.09. The number of carboxylic acid groups (broad SMARTS) is 1. The Labute approximate surface area is 204 Å². The third-order valence-electron chi connectivity index (χ3n) is 7.86. The molecular formula is C27H45NO4S. The van der Waals surface area contributed by atoms with Gasteiger partial charge in [0, 0.05) is 17.2 Å². The van der Waals surface area contributed by atoms with Crippen molar-refractivity contribution in [1.82, 2.24) is 4.98 Å². The van der Waals surface area contributed by atoms with Crippen molar-refractivity contribution in [3.63, 3.8) is 0 Å². The Kier molecular flexibility index (Phi) is 11.4. The van der Waals surface area contributed by atoms with Gasteiger partial charge in [-0.25, -0.2) is 4.98 Å². The van der Waals surface area contributed by atoms with Crippen molar-refractivity contribution in [2.24, 2.45) is 16.2 Å². The van der Waals surface area contributed by atoms with Crippen LogP contribution in [-0.4, -0.2) is 33.1 Å². The van der Waals surface area contributed by atoms with E-state index in [9.17, 15) is 19.8 Å². The second-order valence-corrected chi connectivity index (χ2v) is 11.9. The fraction of sp³-hybridized carbons (Fsp3) is 0.741. The molecule has 1 unspecified atom stereocenters. The van der Waals surface area contributed by atoms with Crippen LogP contribution < -0.4 is 0 Å². The Balaban J connectivity index is 2.25. The summed E-state index contributed by atoms with van der Waals surface area (Å²) in [6.07, 6.45) is 12.0. The number of allylic oxidation sites excluding steroid dienone is 1. The lowest BCUT2D eigenvalue weighted by Gasteiger charge is -2.49. The van der Waals surface area contributed by atoms with Gasteiger partial charge in [-0.15, -0.1) is 11.3 Å². The fourth-order valence-corrected chi connectivity index (χ4v) is 4.56. The largest absolute Gasteiger partial charge is 0.481 e. The number of aryl methyl sites for hydroxylation is 1. The molecule has 1 aromatic rings. The van der Waals surface area contributed by atoms with Gasteiger partial charge in [0.2, 0.25) is 0 Å². The minimum atomic E-state index is -1.06. The average molecular weight is 480 g/mol. The van der Waals surface area contributed by atoms with Gasteiger partial charge in [0.25, 0.3) is 0 Å². The SMILES string of the molecule is Cc1nc(C=CCCCCCCCCC(O)CC(=O)C(C)(C)C(C)(C)C(C)(C)C(=O)O)cs1. The summed E-state index contributed by atoms with van der Waals surface area (Å²) in [5.74, 6) is -0.991. The molecule has 0 fully saturated rings. The van der Waals surface area contributed by atoms with E-state index in [1.165, 1.54) is 19.3 Å². The highest BCUT2D eigenvalue weighted by Crippen LogP contribution is 2.52. The van der Waals surface area contributed by atoms with E-state index >= 15 is 0 Å². The smallest absolute Gasteiger partial charge is 0.309 e. The molecule has 0 amide bonds. The summed E-state index contributed by atoms with van der Waals surface area (Å²) in [5, 5.41) is 23.2. The zero-order chi connectivity index (χ0) is 25.3. The number of thiazole rings is 1. The monoisotopic (exact) mass is 479 g/mol. The van der Waals surface area contributed by atoms with E-state index in [0.29, 0.717) is 6.42 Å². The number of carboxylic acids is 1. The second-order valence-electron chi connectivity index (χ2n) is 10.9. The van der Waals surface area contributed by atoms with E-state index in [0.717, 1.165) is 36.4 Å². The van der Waals surface area contributed by atoms with Crippen molar-refractivity contribution in [3.05, 3.63) is 22.2 Å². The van der Waals surface area contributed by atoms with E-state index < -0.39 is 28.3 Å². The van der Waals surface area contributed by atoms with Gasteiger partial charge >= 0.3 is 5.97 Å². The maximum absolute atomic E-state index is 13.0. The molecule has 6 heteroatoms. The molecule has 1 rings (SSSR count). The Morgan fingerprint density at radius 2 is 1.58 bits per heavy atom. The van der Waals surface area contributed by atoms with Gasteiger partial charge in [0.05, 0.1) is 22.2 Å². The molecule has 0 aromatic carbocycles. The van der Waals surface area contributed by atoms with Crippen LogP contribution in [0, 0.1) is 23.2 Å². The maximum Gasteiger partial charge on any atom is 0.309 e. The van der Waals surface area contributed by atoms with Crippen molar-refractivity contribution >= 4 is 29.2 Å². The van der Waals surface area contributed by atoms with Crippen molar-refractivity contribution in [3.8, 4) is 0 Å². The number of hydrogen-bond acceptors (Lipinski definition) is 5. The zero-order valence-corrected chi connectivity index (χ0v) is 22.6. The third kappa shape index (κ3) is 8.32. The lowest BCUT2D eigenvalue weighted by molar-refractivity contribution is -0.164. The number of aliphatic hydroxyl groups excluding tert-OH is 1. The minimum absolute atomic E-state index is 0.0739. The maximum atomic E-state index is 13.0. The number of nitrogens with zero attached hydrogens (tertiary/aromatic N) is 1. The van der Waals surface area contributed by atoms with Crippen LogP contribution >= 0.6 is 11.3 Å². The standard InChI is InChI=1S/C27H45NO4S/c1-20-28-21(19-33-20)16-14-12-10-8-9-11-13-15-17-22(29)18-23(30)25(2,3)27(6,7)26(4,5)24(31)32/h14,16,19,22,29H,8-13,15,17-18H2,1-7H3,(H,31,32).